The summed E-state index contributed by atoms with van der Waals surface area (Å²) in [6.07, 6.45) is -2.31. The lowest BCUT2D eigenvalue weighted by molar-refractivity contribution is -0.139. The fourth-order valence-corrected chi connectivity index (χ4v) is 1.21. The number of esters is 1. The Hall–Kier alpha value is -1.85. The molecule has 6 heteroatoms. The molecule has 0 saturated carbocycles. The summed E-state index contributed by atoms with van der Waals surface area (Å²) >= 11 is 0. The van der Waals surface area contributed by atoms with Crippen molar-refractivity contribution >= 4 is 12.0 Å². The van der Waals surface area contributed by atoms with Crippen molar-refractivity contribution in [1.29, 1.82) is 0 Å². The van der Waals surface area contributed by atoms with E-state index in [9.17, 15) is 22.4 Å². The lowest BCUT2D eigenvalue weighted by Gasteiger charge is -2.07. The van der Waals surface area contributed by atoms with E-state index < -0.39 is 23.5 Å². The van der Waals surface area contributed by atoms with E-state index in [1.807, 2.05) is 0 Å². The summed E-state index contributed by atoms with van der Waals surface area (Å²) in [5.74, 6) is -1.34. The molecule has 1 aromatic carbocycles. The van der Waals surface area contributed by atoms with Crippen LogP contribution >= 0.6 is 0 Å². The van der Waals surface area contributed by atoms with Gasteiger partial charge in [-0.25, -0.2) is 4.39 Å². The first-order valence-corrected chi connectivity index (χ1v) is 4.94. The molecule has 0 heterocycles. The van der Waals surface area contributed by atoms with Crippen LogP contribution in [0, 0.1) is 5.82 Å². The molecule has 0 aliphatic rings. The van der Waals surface area contributed by atoms with Crippen LogP contribution in [-0.2, 0) is 15.7 Å². The second kappa shape index (κ2) is 5.66. The van der Waals surface area contributed by atoms with E-state index in [0.29, 0.717) is 12.1 Å². The fraction of sp³-hybridized carbons (Fsp3) is 0.250. The first kappa shape index (κ1) is 14.2. The number of benzene rings is 1. The Morgan fingerprint density at radius 2 is 2.06 bits per heavy atom. The Bertz CT molecular complexity index is 464. The molecule has 0 atom stereocenters. The molecule has 0 radical (unpaired) electrons. The zero-order valence-corrected chi connectivity index (χ0v) is 9.42. The summed E-state index contributed by atoms with van der Waals surface area (Å²) in [5, 5.41) is 0. The molecule has 0 fully saturated rings. The molecule has 1 aromatic rings. The van der Waals surface area contributed by atoms with Gasteiger partial charge in [-0.05, 0) is 18.2 Å². The minimum atomic E-state index is -4.53. The largest absolute Gasteiger partial charge is 0.469 e. The molecular weight excluding hydrogens is 252 g/mol. The van der Waals surface area contributed by atoms with Gasteiger partial charge >= 0.3 is 12.1 Å². The number of carbonyl (C=O) groups is 1. The Labute approximate surface area is 101 Å². The molecule has 0 saturated heterocycles. The summed E-state index contributed by atoms with van der Waals surface area (Å²) in [7, 11) is 1.18. The van der Waals surface area contributed by atoms with Gasteiger partial charge in [0, 0.05) is 5.56 Å². The zero-order valence-electron chi connectivity index (χ0n) is 9.42. The molecule has 0 unspecified atom stereocenters. The van der Waals surface area contributed by atoms with Crippen LogP contribution < -0.4 is 0 Å². The number of hydrogen-bond acceptors (Lipinski definition) is 2. The highest BCUT2D eigenvalue weighted by atomic mass is 19.4. The number of rotatable bonds is 3. The van der Waals surface area contributed by atoms with E-state index >= 15 is 0 Å². The van der Waals surface area contributed by atoms with E-state index in [1.165, 1.54) is 13.2 Å². The summed E-state index contributed by atoms with van der Waals surface area (Å²) < 4.78 is 54.7. The standard InChI is InChI=1S/C12H10F4O2/c1-18-11(17)4-2-3-8-7-9(12(14,15)16)5-6-10(8)13/h2-3,5-7H,4H2,1H3. The van der Waals surface area contributed by atoms with Crippen LogP contribution in [0.3, 0.4) is 0 Å². The van der Waals surface area contributed by atoms with Crippen LogP contribution in [0.2, 0.25) is 0 Å². The van der Waals surface area contributed by atoms with E-state index in [4.69, 9.17) is 0 Å². The smallest absolute Gasteiger partial charge is 0.416 e. The summed E-state index contributed by atoms with van der Waals surface area (Å²) in [4.78, 5) is 10.8. The van der Waals surface area contributed by atoms with E-state index in [0.717, 1.165) is 12.1 Å². The van der Waals surface area contributed by atoms with Crippen molar-refractivity contribution in [3.63, 3.8) is 0 Å². The zero-order chi connectivity index (χ0) is 13.8. The van der Waals surface area contributed by atoms with Gasteiger partial charge in [-0.2, -0.15) is 13.2 Å². The van der Waals surface area contributed by atoms with Gasteiger partial charge in [-0.1, -0.05) is 12.2 Å². The van der Waals surface area contributed by atoms with Gasteiger partial charge in [0.2, 0.25) is 0 Å². The monoisotopic (exact) mass is 262 g/mol. The average molecular weight is 262 g/mol. The topological polar surface area (TPSA) is 26.3 Å². The van der Waals surface area contributed by atoms with Crippen molar-refractivity contribution in [3.05, 3.63) is 41.2 Å². The predicted octanol–water partition coefficient (Wildman–Crippen LogP) is 3.42. The van der Waals surface area contributed by atoms with Crippen molar-refractivity contribution in [3.8, 4) is 0 Å². The van der Waals surface area contributed by atoms with Crippen molar-refractivity contribution < 1.29 is 27.1 Å². The number of methoxy groups -OCH3 is 1. The number of halogens is 4. The van der Waals surface area contributed by atoms with Crippen LogP contribution in [0.5, 0.6) is 0 Å². The molecule has 18 heavy (non-hydrogen) atoms. The average Bonchev–Trinajstić information content (AvgIpc) is 2.29. The molecule has 0 aliphatic carbocycles. The predicted molar refractivity (Wildman–Crippen MR) is 57.1 cm³/mol. The van der Waals surface area contributed by atoms with E-state index in [2.05, 4.69) is 4.74 Å². The molecular formula is C12H10F4O2. The third-order valence-corrected chi connectivity index (χ3v) is 2.13. The number of ether oxygens (including phenoxy) is 1. The molecule has 1 rings (SSSR count). The van der Waals surface area contributed by atoms with Gasteiger partial charge in [-0.15, -0.1) is 0 Å². The van der Waals surface area contributed by atoms with Crippen molar-refractivity contribution in [1.82, 2.24) is 0 Å². The van der Waals surface area contributed by atoms with Crippen molar-refractivity contribution in [2.75, 3.05) is 7.11 Å². The summed E-state index contributed by atoms with van der Waals surface area (Å²) in [6, 6.07) is 2.08. The van der Waals surface area contributed by atoms with Gasteiger partial charge in [0.05, 0.1) is 19.1 Å². The fourth-order valence-electron chi connectivity index (χ4n) is 1.21. The normalized spacial score (nSPS) is 11.8. The van der Waals surface area contributed by atoms with Crippen molar-refractivity contribution in [2.45, 2.75) is 12.6 Å². The van der Waals surface area contributed by atoms with Gasteiger partial charge in [0.1, 0.15) is 5.82 Å². The first-order valence-electron chi connectivity index (χ1n) is 4.94. The Morgan fingerprint density at radius 1 is 1.39 bits per heavy atom. The molecule has 98 valence electrons. The Balaban J connectivity index is 2.91. The molecule has 0 aromatic heterocycles. The molecule has 0 aliphatic heterocycles. The molecule has 0 N–H and O–H groups in total. The van der Waals surface area contributed by atoms with Crippen LogP contribution in [0.15, 0.2) is 24.3 Å². The van der Waals surface area contributed by atoms with Gasteiger partial charge in [-0.3, -0.25) is 4.79 Å². The van der Waals surface area contributed by atoms with Gasteiger partial charge in [0.15, 0.2) is 0 Å². The van der Waals surface area contributed by atoms with Gasteiger partial charge < -0.3 is 4.74 Å². The maximum Gasteiger partial charge on any atom is 0.416 e. The molecule has 0 amide bonds. The quantitative estimate of drug-likeness (QED) is 0.616. The minimum absolute atomic E-state index is 0.133. The maximum atomic E-state index is 13.2. The third kappa shape index (κ3) is 3.87. The molecule has 0 bridgehead atoms. The minimum Gasteiger partial charge on any atom is -0.469 e. The lowest BCUT2D eigenvalue weighted by Crippen LogP contribution is -2.05. The lowest BCUT2D eigenvalue weighted by atomic mass is 10.1. The van der Waals surface area contributed by atoms with Crippen LogP contribution in [0.4, 0.5) is 17.6 Å². The number of hydrogen-bond donors (Lipinski definition) is 0. The highest BCUT2D eigenvalue weighted by Gasteiger charge is 2.30. The van der Waals surface area contributed by atoms with E-state index in [1.54, 1.807) is 0 Å². The molecule has 2 nitrogen and oxygen atoms in total. The highest BCUT2D eigenvalue weighted by Crippen LogP contribution is 2.30. The van der Waals surface area contributed by atoms with Gasteiger partial charge in [0.25, 0.3) is 0 Å². The van der Waals surface area contributed by atoms with Crippen LogP contribution in [0.25, 0.3) is 6.08 Å². The van der Waals surface area contributed by atoms with Crippen LogP contribution in [0.1, 0.15) is 17.5 Å². The SMILES string of the molecule is COC(=O)CC=Cc1cc(C(F)(F)F)ccc1F. The summed E-state index contributed by atoms with van der Waals surface area (Å²) in [5.41, 5.74) is -1.17. The maximum absolute atomic E-state index is 13.2. The summed E-state index contributed by atoms with van der Waals surface area (Å²) in [6.45, 7) is 0. The Morgan fingerprint density at radius 3 is 2.61 bits per heavy atom. The Kier molecular flexibility index (Phi) is 4.47. The highest BCUT2D eigenvalue weighted by molar-refractivity contribution is 5.72. The second-order valence-electron chi connectivity index (χ2n) is 3.42. The van der Waals surface area contributed by atoms with Crippen LogP contribution in [-0.4, -0.2) is 13.1 Å². The number of carbonyl (C=O) groups excluding carboxylic acids is 1. The first-order chi connectivity index (χ1) is 8.34. The second-order valence-corrected chi connectivity index (χ2v) is 3.42. The third-order valence-electron chi connectivity index (χ3n) is 2.13. The van der Waals surface area contributed by atoms with Crippen molar-refractivity contribution in [2.24, 2.45) is 0 Å². The van der Waals surface area contributed by atoms with E-state index in [-0.39, 0.29) is 12.0 Å². The number of alkyl halides is 3. The molecule has 0 spiro atoms.